The third-order valence-electron chi connectivity index (χ3n) is 6.26. The first-order valence-electron chi connectivity index (χ1n) is 11.8. The molecule has 2 saturated heterocycles. The lowest BCUT2D eigenvalue weighted by atomic mass is 10.2. The standard InChI is InChI=1S/C26H33N3O4S/c1-21-19-29(20-22(2)33-21)34(31,32)25-12-10-24(11-13-25)26(30)28-17-15-27(16-18-28)14-6-9-23-7-4-3-5-8-23/h3-13,21-22H,14-20H2,1-2H3/b9-6+/t21-,22+. The number of hydrogen-bond donors (Lipinski definition) is 0. The molecule has 4 rings (SSSR count). The SMILES string of the molecule is C[C@@H]1CN(S(=O)(=O)c2ccc(C(=O)N3CCN(C/C=C/c4ccccc4)CC3)cc2)C[C@H](C)O1. The number of nitrogens with zero attached hydrogens (tertiary/aromatic N) is 3. The molecule has 0 unspecified atom stereocenters. The van der Waals surface area contributed by atoms with E-state index in [0.717, 1.165) is 19.6 Å². The van der Waals surface area contributed by atoms with Crippen LogP contribution < -0.4 is 0 Å². The Hall–Kier alpha value is -2.52. The van der Waals surface area contributed by atoms with Gasteiger partial charge < -0.3 is 9.64 Å². The number of piperazine rings is 1. The summed E-state index contributed by atoms with van der Waals surface area (Å²) in [6.45, 7) is 8.19. The van der Waals surface area contributed by atoms with Gasteiger partial charge in [0.05, 0.1) is 17.1 Å². The molecular weight excluding hydrogens is 450 g/mol. The third-order valence-corrected chi connectivity index (χ3v) is 8.10. The molecule has 2 heterocycles. The summed E-state index contributed by atoms with van der Waals surface area (Å²) >= 11 is 0. The quantitative estimate of drug-likeness (QED) is 0.632. The lowest BCUT2D eigenvalue weighted by molar-refractivity contribution is -0.0440. The molecule has 0 N–H and O–H groups in total. The summed E-state index contributed by atoms with van der Waals surface area (Å²) < 4.78 is 33.2. The number of ether oxygens (including phenoxy) is 1. The largest absolute Gasteiger partial charge is 0.373 e. The fourth-order valence-electron chi connectivity index (χ4n) is 4.46. The monoisotopic (exact) mass is 483 g/mol. The Kier molecular flexibility index (Phi) is 7.83. The highest BCUT2D eigenvalue weighted by Crippen LogP contribution is 2.22. The summed E-state index contributed by atoms with van der Waals surface area (Å²) in [5, 5.41) is 0. The number of carbonyl (C=O) groups is 1. The highest BCUT2D eigenvalue weighted by atomic mass is 32.2. The Balaban J connectivity index is 1.31. The molecule has 8 heteroatoms. The zero-order valence-corrected chi connectivity index (χ0v) is 20.7. The number of carbonyl (C=O) groups excluding carboxylic acids is 1. The molecule has 2 fully saturated rings. The molecule has 1 amide bonds. The lowest BCUT2D eigenvalue weighted by Gasteiger charge is -2.34. The van der Waals surface area contributed by atoms with E-state index in [2.05, 4.69) is 29.2 Å². The van der Waals surface area contributed by atoms with E-state index >= 15 is 0 Å². The van der Waals surface area contributed by atoms with E-state index in [4.69, 9.17) is 4.74 Å². The van der Waals surface area contributed by atoms with E-state index in [0.29, 0.717) is 31.7 Å². The Morgan fingerprint density at radius 2 is 1.56 bits per heavy atom. The van der Waals surface area contributed by atoms with Crippen molar-refractivity contribution in [1.82, 2.24) is 14.1 Å². The topological polar surface area (TPSA) is 70.2 Å². The van der Waals surface area contributed by atoms with Crippen LogP contribution in [-0.2, 0) is 14.8 Å². The van der Waals surface area contributed by atoms with Crippen molar-refractivity contribution in [3.8, 4) is 0 Å². The van der Waals surface area contributed by atoms with Gasteiger partial charge in [-0.05, 0) is 43.7 Å². The predicted octanol–water partition coefficient (Wildman–Crippen LogP) is 2.96. The fraction of sp³-hybridized carbons (Fsp3) is 0.423. The van der Waals surface area contributed by atoms with Crippen molar-refractivity contribution in [1.29, 1.82) is 0 Å². The van der Waals surface area contributed by atoms with Gasteiger partial charge in [-0.25, -0.2) is 8.42 Å². The molecule has 7 nitrogen and oxygen atoms in total. The van der Waals surface area contributed by atoms with Crippen LogP contribution in [0.3, 0.4) is 0 Å². The van der Waals surface area contributed by atoms with Crippen LogP contribution in [-0.4, -0.2) is 86.5 Å². The Morgan fingerprint density at radius 3 is 2.18 bits per heavy atom. The molecule has 0 saturated carbocycles. The second-order valence-electron chi connectivity index (χ2n) is 9.01. The average molecular weight is 484 g/mol. The number of hydrogen-bond acceptors (Lipinski definition) is 5. The number of amides is 1. The molecule has 2 aromatic rings. The van der Waals surface area contributed by atoms with Crippen molar-refractivity contribution in [2.75, 3.05) is 45.8 Å². The smallest absolute Gasteiger partial charge is 0.253 e. The van der Waals surface area contributed by atoms with Crippen molar-refractivity contribution >= 4 is 22.0 Å². The average Bonchev–Trinajstić information content (AvgIpc) is 2.84. The maximum Gasteiger partial charge on any atom is 0.253 e. The van der Waals surface area contributed by atoms with Crippen LogP contribution in [0.4, 0.5) is 0 Å². The molecule has 0 spiro atoms. The summed E-state index contributed by atoms with van der Waals surface area (Å²) in [5.41, 5.74) is 1.69. The molecule has 0 radical (unpaired) electrons. The summed E-state index contributed by atoms with van der Waals surface area (Å²) in [4.78, 5) is 17.3. The first-order valence-corrected chi connectivity index (χ1v) is 13.3. The van der Waals surface area contributed by atoms with Gasteiger partial charge >= 0.3 is 0 Å². The molecule has 182 valence electrons. The van der Waals surface area contributed by atoms with Gasteiger partial charge in [-0.1, -0.05) is 42.5 Å². The highest BCUT2D eigenvalue weighted by molar-refractivity contribution is 7.89. The number of rotatable bonds is 6. The van der Waals surface area contributed by atoms with Crippen molar-refractivity contribution in [3.63, 3.8) is 0 Å². The van der Waals surface area contributed by atoms with Crippen LogP contribution in [0.5, 0.6) is 0 Å². The fourth-order valence-corrected chi connectivity index (χ4v) is 6.05. The molecule has 0 aliphatic carbocycles. The summed E-state index contributed by atoms with van der Waals surface area (Å²) in [7, 11) is -3.62. The Bertz CT molecular complexity index is 1080. The molecular formula is C26H33N3O4S. The van der Waals surface area contributed by atoms with Gasteiger partial charge in [-0.15, -0.1) is 0 Å². The Morgan fingerprint density at radius 1 is 0.941 bits per heavy atom. The predicted molar refractivity (Wildman–Crippen MR) is 133 cm³/mol. The van der Waals surface area contributed by atoms with Gasteiger partial charge in [-0.3, -0.25) is 9.69 Å². The lowest BCUT2D eigenvalue weighted by Crippen LogP contribution is -2.48. The zero-order chi connectivity index (χ0) is 24.1. The van der Waals surface area contributed by atoms with Gasteiger partial charge in [0, 0.05) is 51.4 Å². The molecule has 2 aliphatic heterocycles. The van der Waals surface area contributed by atoms with Crippen molar-refractivity contribution < 1.29 is 17.9 Å². The first-order chi connectivity index (χ1) is 16.3. The van der Waals surface area contributed by atoms with Crippen molar-refractivity contribution in [2.45, 2.75) is 31.0 Å². The first kappa shape index (κ1) is 24.6. The van der Waals surface area contributed by atoms with Crippen molar-refractivity contribution in [2.24, 2.45) is 0 Å². The number of morpholine rings is 1. The molecule has 2 aromatic carbocycles. The summed E-state index contributed by atoms with van der Waals surface area (Å²) in [6, 6.07) is 16.5. The van der Waals surface area contributed by atoms with E-state index in [1.165, 1.54) is 22.0 Å². The molecule has 0 bridgehead atoms. The third kappa shape index (κ3) is 5.93. The van der Waals surface area contributed by atoms with Crippen LogP contribution in [0.1, 0.15) is 29.8 Å². The van der Waals surface area contributed by atoms with E-state index in [1.54, 1.807) is 12.1 Å². The second-order valence-corrected chi connectivity index (χ2v) is 10.9. The number of sulfonamides is 1. The van der Waals surface area contributed by atoms with E-state index in [9.17, 15) is 13.2 Å². The zero-order valence-electron chi connectivity index (χ0n) is 19.8. The molecule has 0 aromatic heterocycles. The summed E-state index contributed by atoms with van der Waals surface area (Å²) in [6.07, 6.45) is 3.98. The van der Waals surface area contributed by atoms with Gasteiger partial charge in [0.1, 0.15) is 0 Å². The molecule has 34 heavy (non-hydrogen) atoms. The highest BCUT2D eigenvalue weighted by Gasteiger charge is 2.32. The number of benzene rings is 2. The van der Waals surface area contributed by atoms with Crippen LogP contribution in [0.25, 0.3) is 6.08 Å². The van der Waals surface area contributed by atoms with Gasteiger partial charge in [0.25, 0.3) is 5.91 Å². The van der Waals surface area contributed by atoms with Crippen LogP contribution >= 0.6 is 0 Å². The Labute approximate surface area is 202 Å². The van der Waals surface area contributed by atoms with Crippen LogP contribution in [0.2, 0.25) is 0 Å². The minimum Gasteiger partial charge on any atom is -0.373 e. The summed E-state index contributed by atoms with van der Waals surface area (Å²) in [5.74, 6) is -0.0583. The van der Waals surface area contributed by atoms with E-state index in [-0.39, 0.29) is 23.0 Å². The minimum absolute atomic E-state index is 0.0583. The van der Waals surface area contributed by atoms with Crippen molar-refractivity contribution in [3.05, 3.63) is 71.8 Å². The van der Waals surface area contributed by atoms with E-state index in [1.807, 2.05) is 36.9 Å². The molecule has 2 aliphatic rings. The van der Waals surface area contributed by atoms with Crippen LogP contribution in [0, 0.1) is 0 Å². The van der Waals surface area contributed by atoms with Crippen LogP contribution in [0.15, 0.2) is 65.6 Å². The van der Waals surface area contributed by atoms with Gasteiger partial charge in [0.2, 0.25) is 10.0 Å². The van der Waals surface area contributed by atoms with Gasteiger partial charge in [-0.2, -0.15) is 4.31 Å². The normalized spacial score (nSPS) is 22.8. The second kappa shape index (κ2) is 10.8. The molecule has 2 atom stereocenters. The maximum atomic E-state index is 13.0. The minimum atomic E-state index is -3.62. The van der Waals surface area contributed by atoms with E-state index < -0.39 is 10.0 Å². The maximum absolute atomic E-state index is 13.0. The van der Waals surface area contributed by atoms with Gasteiger partial charge in [0.15, 0.2) is 0 Å².